The van der Waals surface area contributed by atoms with Gasteiger partial charge in [-0.1, -0.05) is 12.1 Å². The predicted octanol–water partition coefficient (Wildman–Crippen LogP) is 1.51. The molecular weight excluding hydrogens is 312 g/mol. The van der Waals surface area contributed by atoms with E-state index in [9.17, 15) is 30.6 Å². The summed E-state index contributed by atoms with van der Waals surface area (Å²) in [6.45, 7) is -0.312. The molecule has 0 bridgehead atoms. The smallest absolute Gasteiger partial charge is 0.157 e. The molecule has 0 saturated heterocycles. The Morgan fingerprint density at radius 3 is 1.25 bits per heavy atom. The number of phenolic OH excluding ortho intramolecular Hbond substituents is 4. The Balaban J connectivity index is 2.13. The fraction of sp³-hybridized carbons (Fsp3) is 0.333. The van der Waals surface area contributed by atoms with Gasteiger partial charge in [-0.25, -0.2) is 0 Å². The molecule has 0 aromatic heterocycles. The van der Waals surface area contributed by atoms with Gasteiger partial charge in [0.2, 0.25) is 0 Å². The molecule has 6 N–H and O–H groups in total. The molecule has 24 heavy (non-hydrogen) atoms. The van der Waals surface area contributed by atoms with Gasteiger partial charge in [-0.3, -0.25) is 0 Å². The Bertz CT molecular complexity index is 626. The molecular formula is C18H22O6. The van der Waals surface area contributed by atoms with Gasteiger partial charge in [0.15, 0.2) is 23.0 Å². The molecule has 2 aromatic rings. The molecule has 6 heteroatoms. The van der Waals surface area contributed by atoms with Gasteiger partial charge in [0.1, 0.15) is 0 Å². The Hall–Kier alpha value is -2.44. The Kier molecular flexibility index (Phi) is 5.89. The van der Waals surface area contributed by atoms with E-state index in [0.29, 0.717) is 12.8 Å². The molecule has 2 rings (SSSR count). The maximum atomic E-state index is 9.68. The van der Waals surface area contributed by atoms with E-state index in [1.165, 1.54) is 24.3 Å². The molecule has 0 heterocycles. The SMILES string of the molecule is OCC(Cc1ccc(O)c(O)c1)C(CO)Cc1ccc(O)c(O)c1. The minimum Gasteiger partial charge on any atom is -0.504 e. The van der Waals surface area contributed by atoms with Gasteiger partial charge < -0.3 is 30.6 Å². The first kappa shape index (κ1) is 17.9. The second kappa shape index (κ2) is 7.90. The second-order valence-corrected chi connectivity index (χ2v) is 5.94. The lowest BCUT2D eigenvalue weighted by Gasteiger charge is -2.24. The summed E-state index contributed by atoms with van der Waals surface area (Å²) in [7, 11) is 0. The van der Waals surface area contributed by atoms with Crippen molar-refractivity contribution in [3.8, 4) is 23.0 Å². The summed E-state index contributed by atoms with van der Waals surface area (Å²) >= 11 is 0. The third kappa shape index (κ3) is 4.31. The average molecular weight is 334 g/mol. The first-order chi connectivity index (χ1) is 11.4. The van der Waals surface area contributed by atoms with Crippen molar-refractivity contribution in [3.63, 3.8) is 0 Å². The number of aliphatic hydroxyl groups excluding tert-OH is 2. The molecule has 130 valence electrons. The van der Waals surface area contributed by atoms with E-state index in [1.54, 1.807) is 12.1 Å². The summed E-state index contributed by atoms with van der Waals surface area (Å²) in [6.07, 6.45) is 0.833. The first-order valence-corrected chi connectivity index (χ1v) is 7.68. The van der Waals surface area contributed by atoms with Crippen molar-refractivity contribution in [3.05, 3.63) is 47.5 Å². The van der Waals surface area contributed by atoms with Gasteiger partial charge in [-0.15, -0.1) is 0 Å². The van der Waals surface area contributed by atoms with E-state index in [4.69, 9.17) is 0 Å². The van der Waals surface area contributed by atoms with Crippen molar-refractivity contribution in [2.24, 2.45) is 11.8 Å². The standard InChI is InChI=1S/C18H22O6/c19-9-13(5-11-1-3-15(21)17(23)7-11)14(10-20)6-12-2-4-16(22)18(24)8-12/h1-4,7-8,13-14,19-24H,5-6,9-10H2. The molecule has 2 aromatic carbocycles. The van der Waals surface area contributed by atoms with Crippen LogP contribution in [0.25, 0.3) is 0 Å². The summed E-state index contributed by atoms with van der Waals surface area (Å²) in [5.41, 5.74) is 1.47. The molecule has 2 unspecified atom stereocenters. The quantitative estimate of drug-likeness (QED) is 0.427. The molecule has 0 saturated carbocycles. The van der Waals surface area contributed by atoms with Crippen molar-refractivity contribution < 1.29 is 30.6 Å². The van der Waals surface area contributed by atoms with Crippen molar-refractivity contribution in [2.75, 3.05) is 13.2 Å². The van der Waals surface area contributed by atoms with E-state index in [-0.39, 0.29) is 48.0 Å². The molecule has 0 fully saturated rings. The molecule has 0 amide bonds. The normalized spacial score (nSPS) is 13.6. The monoisotopic (exact) mass is 334 g/mol. The van der Waals surface area contributed by atoms with Crippen LogP contribution in [0.2, 0.25) is 0 Å². The fourth-order valence-corrected chi connectivity index (χ4v) is 2.76. The number of benzene rings is 2. The summed E-state index contributed by atoms with van der Waals surface area (Å²) in [5.74, 6) is -1.42. The van der Waals surface area contributed by atoms with Gasteiger partial charge in [-0.2, -0.15) is 0 Å². The zero-order valence-corrected chi connectivity index (χ0v) is 13.1. The molecule has 0 spiro atoms. The van der Waals surface area contributed by atoms with Gasteiger partial charge >= 0.3 is 0 Å². The number of aliphatic hydroxyl groups is 2. The highest BCUT2D eigenvalue weighted by molar-refractivity contribution is 5.41. The highest BCUT2D eigenvalue weighted by Crippen LogP contribution is 2.30. The second-order valence-electron chi connectivity index (χ2n) is 5.94. The average Bonchev–Trinajstić information content (AvgIpc) is 2.57. The lowest BCUT2D eigenvalue weighted by atomic mass is 9.83. The Morgan fingerprint density at radius 1 is 0.583 bits per heavy atom. The molecule has 2 atom stereocenters. The number of hydrogen-bond acceptors (Lipinski definition) is 6. The van der Waals surface area contributed by atoms with Crippen LogP contribution in [0.3, 0.4) is 0 Å². The number of rotatable bonds is 7. The van der Waals surface area contributed by atoms with Crippen LogP contribution in [-0.2, 0) is 12.8 Å². The zero-order valence-electron chi connectivity index (χ0n) is 13.1. The lowest BCUT2D eigenvalue weighted by Crippen LogP contribution is -2.26. The van der Waals surface area contributed by atoms with E-state index in [2.05, 4.69) is 0 Å². The molecule has 0 radical (unpaired) electrons. The summed E-state index contributed by atoms with van der Waals surface area (Å²) < 4.78 is 0. The van der Waals surface area contributed by atoms with Crippen LogP contribution < -0.4 is 0 Å². The minimum absolute atomic E-state index is 0.156. The topological polar surface area (TPSA) is 121 Å². The first-order valence-electron chi connectivity index (χ1n) is 7.68. The molecule has 6 nitrogen and oxygen atoms in total. The maximum absolute atomic E-state index is 9.68. The van der Waals surface area contributed by atoms with Crippen molar-refractivity contribution in [2.45, 2.75) is 12.8 Å². The van der Waals surface area contributed by atoms with Crippen LogP contribution in [0.4, 0.5) is 0 Å². The third-order valence-corrected chi connectivity index (χ3v) is 4.21. The van der Waals surface area contributed by atoms with E-state index in [0.717, 1.165) is 11.1 Å². The van der Waals surface area contributed by atoms with Crippen LogP contribution >= 0.6 is 0 Å². The van der Waals surface area contributed by atoms with Gasteiger partial charge in [0.25, 0.3) is 0 Å². The maximum Gasteiger partial charge on any atom is 0.157 e. The molecule has 0 aliphatic rings. The largest absolute Gasteiger partial charge is 0.504 e. The molecule has 0 aliphatic carbocycles. The highest BCUT2D eigenvalue weighted by atomic mass is 16.3. The van der Waals surface area contributed by atoms with Crippen LogP contribution in [0.5, 0.6) is 23.0 Å². The summed E-state index contributed by atoms with van der Waals surface area (Å²) in [4.78, 5) is 0. The highest BCUT2D eigenvalue weighted by Gasteiger charge is 2.22. The van der Waals surface area contributed by atoms with Crippen molar-refractivity contribution in [1.29, 1.82) is 0 Å². The van der Waals surface area contributed by atoms with Crippen molar-refractivity contribution in [1.82, 2.24) is 0 Å². The van der Waals surface area contributed by atoms with Gasteiger partial charge in [0.05, 0.1) is 0 Å². The van der Waals surface area contributed by atoms with Crippen LogP contribution in [-0.4, -0.2) is 43.9 Å². The van der Waals surface area contributed by atoms with E-state index in [1.807, 2.05) is 0 Å². The van der Waals surface area contributed by atoms with Crippen LogP contribution in [0.1, 0.15) is 11.1 Å². The van der Waals surface area contributed by atoms with E-state index >= 15 is 0 Å². The molecule has 0 aliphatic heterocycles. The van der Waals surface area contributed by atoms with Crippen LogP contribution in [0, 0.1) is 11.8 Å². The minimum atomic E-state index is -0.269. The zero-order chi connectivity index (χ0) is 17.7. The number of aromatic hydroxyl groups is 4. The summed E-state index contributed by atoms with van der Waals surface area (Å²) in [5, 5.41) is 57.2. The third-order valence-electron chi connectivity index (χ3n) is 4.21. The predicted molar refractivity (Wildman–Crippen MR) is 88.1 cm³/mol. The van der Waals surface area contributed by atoms with Gasteiger partial charge in [0, 0.05) is 13.2 Å². The Morgan fingerprint density at radius 2 is 0.958 bits per heavy atom. The Labute approximate surface area is 139 Å². The van der Waals surface area contributed by atoms with Gasteiger partial charge in [-0.05, 0) is 60.1 Å². The number of phenols is 4. The summed E-state index contributed by atoms with van der Waals surface area (Å²) in [6, 6.07) is 8.92. The lowest BCUT2D eigenvalue weighted by molar-refractivity contribution is 0.119. The van der Waals surface area contributed by atoms with E-state index < -0.39 is 0 Å². The number of hydrogen-bond donors (Lipinski definition) is 6. The van der Waals surface area contributed by atoms with Crippen LogP contribution in [0.15, 0.2) is 36.4 Å². The van der Waals surface area contributed by atoms with Crippen molar-refractivity contribution >= 4 is 0 Å². The fourth-order valence-electron chi connectivity index (χ4n) is 2.76.